The number of nitrogens with zero attached hydrogens (tertiary/aromatic N) is 4. The van der Waals surface area contributed by atoms with Crippen molar-refractivity contribution >= 4 is 35.3 Å². The van der Waals surface area contributed by atoms with Crippen molar-refractivity contribution in [1.29, 1.82) is 0 Å². The van der Waals surface area contributed by atoms with Gasteiger partial charge in [-0.1, -0.05) is 0 Å². The van der Waals surface area contributed by atoms with Gasteiger partial charge in [0.25, 0.3) is 0 Å². The van der Waals surface area contributed by atoms with Crippen molar-refractivity contribution in [2.45, 2.75) is 37.8 Å². The van der Waals surface area contributed by atoms with Crippen molar-refractivity contribution in [3.63, 3.8) is 0 Å². The molecule has 3 rings (SSSR count). The molecule has 0 spiro atoms. The monoisotopic (exact) mass is 401 g/mol. The Kier molecular flexibility index (Phi) is 6.42. The minimum Gasteiger partial charge on any atom is -0.371 e. The van der Waals surface area contributed by atoms with E-state index < -0.39 is 6.04 Å². The minimum absolute atomic E-state index is 0.235. The van der Waals surface area contributed by atoms with Gasteiger partial charge >= 0.3 is 0 Å². The van der Waals surface area contributed by atoms with Crippen molar-refractivity contribution in [2.24, 2.45) is 0 Å². The first kappa shape index (κ1) is 21.1. The number of hydrogen-bond acceptors (Lipinski definition) is 6. The Labute approximate surface area is 172 Å². The second kappa shape index (κ2) is 8.82. The molecule has 0 aromatic heterocycles. The Morgan fingerprint density at radius 2 is 1.72 bits per heavy atom. The molecule has 0 aliphatic carbocycles. The van der Waals surface area contributed by atoms with Gasteiger partial charge in [-0.3, -0.25) is 19.7 Å². The van der Waals surface area contributed by atoms with Crippen LogP contribution in [0.1, 0.15) is 25.7 Å². The molecule has 0 radical (unpaired) electrons. The molecule has 2 heterocycles. The summed E-state index contributed by atoms with van der Waals surface area (Å²) in [7, 11) is 7.79. The first-order valence-corrected chi connectivity index (χ1v) is 10.1. The number of anilines is 3. The number of amides is 3. The molecular weight excluding hydrogens is 370 g/mol. The molecule has 29 heavy (non-hydrogen) atoms. The van der Waals surface area contributed by atoms with Crippen LogP contribution in [0.5, 0.6) is 0 Å². The molecule has 0 bridgehead atoms. The summed E-state index contributed by atoms with van der Waals surface area (Å²) < 4.78 is 0. The van der Waals surface area contributed by atoms with E-state index in [0.717, 1.165) is 49.4 Å². The van der Waals surface area contributed by atoms with E-state index in [4.69, 9.17) is 0 Å². The largest absolute Gasteiger partial charge is 0.371 e. The van der Waals surface area contributed by atoms with E-state index in [1.165, 1.54) is 4.90 Å². The van der Waals surface area contributed by atoms with Crippen molar-refractivity contribution in [3.05, 3.63) is 18.2 Å². The summed E-state index contributed by atoms with van der Waals surface area (Å²) in [5.41, 5.74) is 2.62. The van der Waals surface area contributed by atoms with E-state index in [-0.39, 0.29) is 11.8 Å². The van der Waals surface area contributed by atoms with Gasteiger partial charge in [0, 0.05) is 45.3 Å². The van der Waals surface area contributed by atoms with Crippen LogP contribution in [0, 0.1) is 0 Å². The fourth-order valence-corrected chi connectivity index (χ4v) is 4.21. The molecule has 1 atom stereocenters. The number of benzene rings is 1. The average molecular weight is 402 g/mol. The second-order valence-corrected chi connectivity index (χ2v) is 8.15. The lowest BCUT2D eigenvalue weighted by Gasteiger charge is -2.38. The third kappa shape index (κ3) is 4.53. The van der Waals surface area contributed by atoms with E-state index in [0.29, 0.717) is 18.9 Å². The number of nitrogens with one attached hydrogen (secondary N) is 1. The Bertz CT molecular complexity index is 774. The topological polar surface area (TPSA) is 76.2 Å². The molecule has 158 valence electrons. The fraction of sp³-hybridized carbons (Fsp3) is 0.571. The van der Waals surface area contributed by atoms with Crippen LogP contribution in [-0.4, -0.2) is 76.5 Å². The van der Waals surface area contributed by atoms with Crippen LogP contribution in [0.4, 0.5) is 17.1 Å². The lowest BCUT2D eigenvalue weighted by atomic mass is 10.0. The lowest BCUT2D eigenvalue weighted by Crippen LogP contribution is -2.51. The molecular formula is C21H31N5O3. The predicted molar refractivity (Wildman–Crippen MR) is 114 cm³/mol. The highest BCUT2D eigenvalue weighted by molar-refractivity contribution is 6.02. The van der Waals surface area contributed by atoms with E-state index in [9.17, 15) is 14.4 Å². The minimum atomic E-state index is -0.437. The standard InChI is InChI=1S/C21H31N5O3/c1-23(2)15-9-11-26(12-10-15)16-5-6-17(19(13-16)24(3)14-27)25(4)18-7-8-20(28)22-21(18)29/h5-6,13-15,18H,7-12H2,1-4H3,(H,22,28,29). The number of carbonyl (C=O) groups excluding carboxylic acids is 3. The predicted octanol–water partition coefficient (Wildman–Crippen LogP) is 1.05. The lowest BCUT2D eigenvalue weighted by molar-refractivity contribution is -0.134. The highest BCUT2D eigenvalue weighted by Gasteiger charge is 2.31. The summed E-state index contributed by atoms with van der Waals surface area (Å²) in [6, 6.07) is 6.19. The van der Waals surface area contributed by atoms with Crippen LogP contribution in [0.3, 0.4) is 0 Å². The van der Waals surface area contributed by atoms with E-state index in [1.54, 1.807) is 7.05 Å². The Morgan fingerprint density at radius 1 is 1.03 bits per heavy atom. The first-order valence-electron chi connectivity index (χ1n) is 10.1. The third-order valence-electron chi connectivity index (χ3n) is 6.11. The summed E-state index contributed by atoms with van der Waals surface area (Å²) >= 11 is 0. The van der Waals surface area contributed by atoms with Crippen LogP contribution in [0.15, 0.2) is 18.2 Å². The van der Waals surface area contributed by atoms with E-state index >= 15 is 0 Å². The maximum atomic E-state index is 12.3. The van der Waals surface area contributed by atoms with Crippen molar-refractivity contribution in [1.82, 2.24) is 10.2 Å². The van der Waals surface area contributed by atoms with Crippen LogP contribution in [-0.2, 0) is 14.4 Å². The zero-order chi connectivity index (χ0) is 21.1. The number of carbonyl (C=O) groups is 3. The first-order chi connectivity index (χ1) is 13.8. The van der Waals surface area contributed by atoms with Crippen molar-refractivity contribution in [3.8, 4) is 0 Å². The molecule has 8 heteroatoms. The molecule has 1 aromatic carbocycles. The van der Waals surface area contributed by atoms with Gasteiger partial charge in [0.05, 0.1) is 11.4 Å². The van der Waals surface area contributed by atoms with Crippen molar-refractivity contribution < 1.29 is 14.4 Å². The van der Waals surface area contributed by atoms with Gasteiger partial charge in [-0.05, 0) is 51.6 Å². The van der Waals surface area contributed by atoms with Gasteiger partial charge in [-0.25, -0.2) is 0 Å². The molecule has 2 aliphatic rings. The number of imide groups is 1. The van der Waals surface area contributed by atoms with Crippen LogP contribution >= 0.6 is 0 Å². The smallest absolute Gasteiger partial charge is 0.249 e. The van der Waals surface area contributed by atoms with E-state index in [2.05, 4.69) is 35.3 Å². The average Bonchev–Trinajstić information content (AvgIpc) is 2.72. The summed E-state index contributed by atoms with van der Waals surface area (Å²) in [4.78, 5) is 43.3. The Morgan fingerprint density at radius 3 is 2.31 bits per heavy atom. The molecule has 1 aromatic rings. The van der Waals surface area contributed by atoms with Gasteiger partial charge in [-0.2, -0.15) is 0 Å². The molecule has 2 aliphatic heterocycles. The van der Waals surface area contributed by atoms with Gasteiger partial charge in [0.2, 0.25) is 18.2 Å². The quantitative estimate of drug-likeness (QED) is 0.567. The molecule has 0 saturated carbocycles. The molecule has 8 nitrogen and oxygen atoms in total. The fourth-order valence-electron chi connectivity index (χ4n) is 4.21. The normalized spacial score (nSPS) is 20.6. The summed E-state index contributed by atoms with van der Waals surface area (Å²) in [6.45, 7) is 1.94. The van der Waals surface area contributed by atoms with Gasteiger partial charge in [0.1, 0.15) is 6.04 Å². The number of piperidine rings is 2. The highest BCUT2D eigenvalue weighted by Crippen LogP contribution is 2.35. The molecule has 2 saturated heterocycles. The second-order valence-electron chi connectivity index (χ2n) is 8.15. The number of likely N-dealkylation sites (N-methyl/N-ethyl adjacent to an activating group) is 1. The summed E-state index contributed by atoms with van der Waals surface area (Å²) in [6.07, 6.45) is 3.76. The molecule has 2 fully saturated rings. The molecule has 1 unspecified atom stereocenters. The Hall–Kier alpha value is -2.61. The maximum Gasteiger partial charge on any atom is 0.249 e. The molecule has 1 N–H and O–H groups in total. The summed E-state index contributed by atoms with van der Waals surface area (Å²) in [5, 5.41) is 2.40. The van der Waals surface area contributed by atoms with Gasteiger partial charge in [0.15, 0.2) is 0 Å². The van der Waals surface area contributed by atoms with Crippen molar-refractivity contribution in [2.75, 3.05) is 56.0 Å². The maximum absolute atomic E-state index is 12.3. The van der Waals surface area contributed by atoms with Crippen LogP contribution in [0.2, 0.25) is 0 Å². The summed E-state index contributed by atoms with van der Waals surface area (Å²) in [5.74, 6) is -0.528. The Balaban J connectivity index is 1.84. The number of hydrogen-bond donors (Lipinski definition) is 1. The SMILES string of the molecule is CN(C=O)c1cc(N2CCC(N(C)C)CC2)ccc1N(C)C1CCC(=O)NC1=O. The highest BCUT2D eigenvalue weighted by atomic mass is 16.2. The van der Waals surface area contributed by atoms with Crippen LogP contribution in [0.25, 0.3) is 0 Å². The zero-order valence-corrected chi connectivity index (χ0v) is 17.7. The van der Waals surface area contributed by atoms with Gasteiger partial charge in [-0.15, -0.1) is 0 Å². The van der Waals surface area contributed by atoms with Gasteiger partial charge < -0.3 is 19.6 Å². The molecule has 3 amide bonds. The number of rotatable bonds is 6. The zero-order valence-electron chi connectivity index (χ0n) is 17.7. The van der Waals surface area contributed by atoms with Crippen LogP contribution < -0.4 is 20.0 Å². The van der Waals surface area contributed by atoms with E-state index in [1.807, 2.05) is 24.1 Å². The third-order valence-corrected chi connectivity index (χ3v) is 6.11.